The van der Waals surface area contributed by atoms with E-state index in [4.69, 9.17) is 0 Å². The smallest absolute Gasteiger partial charge is 0.254 e. The number of pyridine rings is 1. The largest absolute Gasteiger partial charge is 0.332 e. The highest BCUT2D eigenvalue weighted by Gasteiger charge is 2.38. The maximum absolute atomic E-state index is 12.4. The summed E-state index contributed by atoms with van der Waals surface area (Å²) in [4.78, 5) is 20.1. The van der Waals surface area contributed by atoms with Gasteiger partial charge in [-0.3, -0.25) is 9.78 Å². The molecular weight excluding hydrogens is 274 g/mol. The number of allylic oxidation sites excluding steroid dienone is 2. The predicted molar refractivity (Wildman–Crippen MR) is 84.5 cm³/mol. The Labute approximate surface area is 131 Å². The molecule has 2 aliphatic carbocycles. The molecule has 3 atom stereocenters. The number of piperazine rings is 1. The van der Waals surface area contributed by atoms with Crippen molar-refractivity contribution in [3.63, 3.8) is 0 Å². The van der Waals surface area contributed by atoms with E-state index in [9.17, 15) is 4.79 Å². The lowest BCUT2D eigenvalue weighted by atomic mass is 9.93. The second-order valence-electron chi connectivity index (χ2n) is 7.02. The zero-order chi connectivity index (χ0) is 14.9. The third-order valence-corrected chi connectivity index (χ3v) is 5.65. The number of hydrogen-bond donors (Lipinski definition) is 1. The Kier molecular flexibility index (Phi) is 3.70. The lowest BCUT2D eigenvalue weighted by Crippen LogP contribution is -3.15. The maximum Gasteiger partial charge on any atom is 0.254 e. The van der Waals surface area contributed by atoms with E-state index in [1.807, 2.05) is 17.0 Å². The van der Waals surface area contributed by atoms with Crippen LogP contribution in [-0.4, -0.2) is 48.5 Å². The van der Waals surface area contributed by atoms with Gasteiger partial charge in [0, 0.05) is 23.9 Å². The summed E-state index contributed by atoms with van der Waals surface area (Å²) in [7, 11) is 0. The minimum absolute atomic E-state index is 0.157. The van der Waals surface area contributed by atoms with Crippen LogP contribution in [0.2, 0.25) is 0 Å². The van der Waals surface area contributed by atoms with Gasteiger partial charge < -0.3 is 9.80 Å². The van der Waals surface area contributed by atoms with Crippen molar-refractivity contribution < 1.29 is 9.69 Å². The van der Waals surface area contributed by atoms with Crippen LogP contribution in [0.4, 0.5) is 0 Å². The van der Waals surface area contributed by atoms with E-state index < -0.39 is 0 Å². The zero-order valence-electron chi connectivity index (χ0n) is 12.9. The van der Waals surface area contributed by atoms with Crippen molar-refractivity contribution in [2.45, 2.75) is 12.8 Å². The quantitative estimate of drug-likeness (QED) is 0.832. The molecule has 1 aliphatic heterocycles. The molecule has 3 aliphatic rings. The molecule has 1 amide bonds. The van der Waals surface area contributed by atoms with Gasteiger partial charge in [0.1, 0.15) is 0 Å². The third-order valence-electron chi connectivity index (χ3n) is 5.65. The molecule has 0 unspecified atom stereocenters. The summed E-state index contributed by atoms with van der Waals surface area (Å²) in [5.74, 6) is 2.75. The standard InChI is InChI=1S/C18H23N3O/c22-18(15-3-5-19-6-4-15)21-9-7-20(8-10-21)13-17-12-14-1-2-16(17)11-14/h1-6,14,16-17H,7-13H2/p+1/t14-,16-,17+/m0/s1. The van der Waals surface area contributed by atoms with E-state index >= 15 is 0 Å². The van der Waals surface area contributed by atoms with E-state index in [1.54, 1.807) is 17.3 Å². The number of carbonyl (C=O) groups excluding carboxylic acids is 1. The number of rotatable bonds is 3. The molecule has 2 heterocycles. The second-order valence-corrected chi connectivity index (χ2v) is 7.02. The molecule has 1 aromatic rings. The highest BCUT2D eigenvalue weighted by molar-refractivity contribution is 5.94. The molecule has 4 nitrogen and oxygen atoms in total. The minimum atomic E-state index is 0.157. The van der Waals surface area contributed by atoms with Gasteiger partial charge in [-0.15, -0.1) is 0 Å². The summed E-state index contributed by atoms with van der Waals surface area (Å²) < 4.78 is 0. The van der Waals surface area contributed by atoms with Gasteiger partial charge in [0.2, 0.25) is 0 Å². The van der Waals surface area contributed by atoms with Crippen molar-refractivity contribution in [2.75, 3.05) is 32.7 Å². The Morgan fingerprint density at radius 2 is 1.95 bits per heavy atom. The molecule has 22 heavy (non-hydrogen) atoms. The van der Waals surface area contributed by atoms with E-state index in [0.29, 0.717) is 0 Å². The minimum Gasteiger partial charge on any atom is -0.332 e. The van der Waals surface area contributed by atoms with Crippen molar-refractivity contribution >= 4 is 5.91 Å². The van der Waals surface area contributed by atoms with E-state index in [0.717, 1.165) is 49.5 Å². The van der Waals surface area contributed by atoms with Crippen LogP contribution in [0.1, 0.15) is 23.2 Å². The Bertz CT molecular complexity index is 563. The molecule has 1 saturated carbocycles. The number of carbonyl (C=O) groups is 1. The molecule has 1 saturated heterocycles. The number of hydrogen-bond acceptors (Lipinski definition) is 2. The fourth-order valence-corrected chi connectivity index (χ4v) is 4.41. The molecule has 4 heteroatoms. The van der Waals surface area contributed by atoms with Gasteiger partial charge in [0.15, 0.2) is 0 Å². The van der Waals surface area contributed by atoms with Crippen LogP contribution >= 0.6 is 0 Å². The monoisotopic (exact) mass is 298 g/mol. The molecule has 1 N–H and O–H groups in total. The van der Waals surface area contributed by atoms with Crippen LogP contribution in [0.25, 0.3) is 0 Å². The molecule has 2 bridgehead atoms. The van der Waals surface area contributed by atoms with Gasteiger partial charge >= 0.3 is 0 Å². The first-order chi connectivity index (χ1) is 10.8. The number of amides is 1. The summed E-state index contributed by atoms with van der Waals surface area (Å²) >= 11 is 0. The fraction of sp³-hybridized carbons (Fsp3) is 0.556. The molecule has 116 valence electrons. The van der Waals surface area contributed by atoms with E-state index in [2.05, 4.69) is 17.1 Å². The summed E-state index contributed by atoms with van der Waals surface area (Å²) in [5.41, 5.74) is 0.761. The number of nitrogens with one attached hydrogen (secondary N) is 1. The van der Waals surface area contributed by atoms with Gasteiger partial charge in [0.05, 0.1) is 32.7 Å². The molecule has 1 aromatic heterocycles. The maximum atomic E-state index is 12.4. The van der Waals surface area contributed by atoms with Gasteiger partial charge in [0.25, 0.3) is 5.91 Å². The molecule has 4 rings (SSSR count). The Morgan fingerprint density at radius 1 is 1.18 bits per heavy atom. The van der Waals surface area contributed by atoms with Gasteiger partial charge in [-0.25, -0.2) is 0 Å². The highest BCUT2D eigenvalue weighted by Crippen LogP contribution is 2.42. The van der Waals surface area contributed by atoms with Gasteiger partial charge in [-0.2, -0.15) is 0 Å². The lowest BCUT2D eigenvalue weighted by Gasteiger charge is -2.34. The average Bonchev–Trinajstić information content (AvgIpc) is 3.19. The van der Waals surface area contributed by atoms with Crippen LogP contribution in [0.15, 0.2) is 36.7 Å². The molecular formula is C18H24N3O+. The van der Waals surface area contributed by atoms with Crippen molar-refractivity contribution in [3.05, 3.63) is 42.2 Å². The van der Waals surface area contributed by atoms with Crippen LogP contribution < -0.4 is 4.90 Å². The first-order valence-corrected chi connectivity index (χ1v) is 8.51. The number of nitrogens with zero attached hydrogens (tertiary/aromatic N) is 2. The molecule has 2 fully saturated rings. The van der Waals surface area contributed by atoms with Crippen LogP contribution in [0.3, 0.4) is 0 Å². The third kappa shape index (κ3) is 2.68. The van der Waals surface area contributed by atoms with Gasteiger partial charge in [-0.1, -0.05) is 12.2 Å². The first-order valence-electron chi connectivity index (χ1n) is 8.51. The topological polar surface area (TPSA) is 37.6 Å². The highest BCUT2D eigenvalue weighted by atomic mass is 16.2. The summed E-state index contributed by atoms with van der Waals surface area (Å²) in [6.07, 6.45) is 11.0. The van der Waals surface area contributed by atoms with Crippen LogP contribution in [-0.2, 0) is 0 Å². The van der Waals surface area contributed by atoms with Crippen molar-refractivity contribution in [3.8, 4) is 0 Å². The first kappa shape index (κ1) is 13.9. The number of aromatic nitrogens is 1. The SMILES string of the molecule is O=C(c1ccncc1)N1CC[NH+](C[C@H]2C[C@H]3C=C[C@H]2C3)CC1. The zero-order valence-corrected chi connectivity index (χ0v) is 12.9. The van der Waals surface area contributed by atoms with Crippen molar-refractivity contribution in [1.29, 1.82) is 0 Å². The Morgan fingerprint density at radius 3 is 2.59 bits per heavy atom. The fourth-order valence-electron chi connectivity index (χ4n) is 4.41. The molecule has 0 spiro atoms. The van der Waals surface area contributed by atoms with Crippen LogP contribution in [0.5, 0.6) is 0 Å². The van der Waals surface area contributed by atoms with Crippen LogP contribution in [0, 0.1) is 17.8 Å². The van der Waals surface area contributed by atoms with Gasteiger partial charge in [-0.05, 0) is 36.8 Å². The van der Waals surface area contributed by atoms with E-state index in [-0.39, 0.29) is 5.91 Å². The Balaban J connectivity index is 1.29. The van der Waals surface area contributed by atoms with Crippen molar-refractivity contribution in [1.82, 2.24) is 9.88 Å². The lowest BCUT2D eigenvalue weighted by molar-refractivity contribution is -0.907. The normalized spacial score (nSPS) is 30.9. The molecule has 0 radical (unpaired) electrons. The predicted octanol–water partition coefficient (Wildman–Crippen LogP) is 0.635. The average molecular weight is 298 g/mol. The number of quaternary nitrogens is 1. The number of fused-ring (bicyclic) bond motifs is 2. The second kappa shape index (κ2) is 5.84. The molecule has 0 aromatic carbocycles. The Hall–Kier alpha value is -1.68. The van der Waals surface area contributed by atoms with E-state index in [1.165, 1.54) is 19.4 Å². The summed E-state index contributed by atoms with van der Waals surface area (Å²) in [6, 6.07) is 3.62. The summed E-state index contributed by atoms with van der Waals surface area (Å²) in [5, 5.41) is 0. The summed E-state index contributed by atoms with van der Waals surface area (Å²) in [6.45, 7) is 5.24. The van der Waals surface area contributed by atoms with Crippen molar-refractivity contribution in [2.24, 2.45) is 17.8 Å².